The minimum atomic E-state index is -0.232. The second kappa shape index (κ2) is 10.6. The first-order valence-corrected chi connectivity index (χ1v) is 12.6. The molecule has 1 saturated carbocycles. The summed E-state index contributed by atoms with van der Waals surface area (Å²) in [5, 5.41) is 17.1. The first-order chi connectivity index (χ1) is 17.9. The predicted molar refractivity (Wildman–Crippen MR) is 144 cm³/mol. The van der Waals surface area contributed by atoms with Gasteiger partial charge in [0.05, 0.1) is 30.5 Å². The lowest BCUT2D eigenvalue weighted by Crippen LogP contribution is -2.40. The van der Waals surface area contributed by atoms with Crippen molar-refractivity contribution in [2.45, 2.75) is 37.8 Å². The van der Waals surface area contributed by atoms with E-state index in [1.54, 1.807) is 44.6 Å². The Morgan fingerprint density at radius 1 is 1.03 bits per heavy atom. The van der Waals surface area contributed by atoms with Crippen molar-refractivity contribution in [2.75, 3.05) is 19.5 Å². The van der Waals surface area contributed by atoms with Crippen LogP contribution in [0.25, 0.3) is 16.9 Å². The van der Waals surface area contributed by atoms with Gasteiger partial charge in [-0.05, 0) is 49.9 Å². The number of rotatable bonds is 7. The predicted octanol–water partition coefficient (Wildman–Crippen LogP) is 5.53. The maximum Gasteiger partial charge on any atom is 0.255 e. The molecule has 192 valence electrons. The SMILES string of the molecule is COc1cc(OC)c(-c2cn3ccc(N[C@H]4CC[C@@H](NC(=O)c5ccccc5O)CC4)cc3n2)cc1Cl. The van der Waals surface area contributed by atoms with E-state index in [-0.39, 0.29) is 17.7 Å². The highest BCUT2D eigenvalue weighted by molar-refractivity contribution is 6.32. The van der Waals surface area contributed by atoms with Gasteiger partial charge in [0, 0.05) is 47.9 Å². The molecule has 2 aromatic carbocycles. The number of benzene rings is 2. The smallest absolute Gasteiger partial charge is 0.255 e. The van der Waals surface area contributed by atoms with Crippen LogP contribution in [0.15, 0.2) is 60.9 Å². The number of phenols is 1. The standard InChI is InChI=1S/C28H29ClN4O4/c1-36-25-15-26(37-2)22(29)14-21(25)23-16-33-12-11-19(13-27(33)32-23)30-17-7-9-18(10-8-17)31-28(35)20-5-3-4-6-24(20)34/h3-6,11-18,30,34H,7-10H2,1-2H3,(H,31,35)/t17-,18+. The zero-order chi connectivity index (χ0) is 25.9. The number of amides is 1. The lowest BCUT2D eigenvalue weighted by Gasteiger charge is -2.30. The van der Waals surface area contributed by atoms with E-state index < -0.39 is 0 Å². The van der Waals surface area contributed by atoms with Crippen LogP contribution in [0.2, 0.25) is 5.02 Å². The number of carbonyl (C=O) groups excluding carboxylic acids is 1. The maximum absolute atomic E-state index is 12.5. The van der Waals surface area contributed by atoms with Crippen LogP contribution in [0.5, 0.6) is 17.2 Å². The molecule has 2 heterocycles. The van der Waals surface area contributed by atoms with Crippen LogP contribution in [0.3, 0.4) is 0 Å². The van der Waals surface area contributed by atoms with Gasteiger partial charge in [0.25, 0.3) is 5.91 Å². The lowest BCUT2D eigenvalue weighted by atomic mass is 9.90. The number of carbonyl (C=O) groups is 1. The van der Waals surface area contributed by atoms with Gasteiger partial charge in [-0.1, -0.05) is 23.7 Å². The lowest BCUT2D eigenvalue weighted by molar-refractivity contribution is 0.0924. The molecule has 0 bridgehead atoms. The normalized spacial score (nSPS) is 17.4. The Morgan fingerprint density at radius 2 is 1.76 bits per heavy atom. The fourth-order valence-electron chi connectivity index (χ4n) is 4.81. The number of halogens is 1. The number of nitrogens with zero attached hydrogens (tertiary/aromatic N) is 2. The summed E-state index contributed by atoms with van der Waals surface area (Å²) in [6.07, 6.45) is 7.51. The third kappa shape index (κ3) is 5.29. The molecule has 1 fully saturated rings. The number of hydrogen-bond donors (Lipinski definition) is 3. The number of aromatic hydroxyl groups is 1. The molecule has 0 aliphatic heterocycles. The van der Waals surface area contributed by atoms with Crippen LogP contribution >= 0.6 is 11.6 Å². The van der Waals surface area contributed by atoms with Gasteiger partial charge in [-0.15, -0.1) is 0 Å². The van der Waals surface area contributed by atoms with E-state index in [9.17, 15) is 9.90 Å². The second-order valence-corrected chi connectivity index (χ2v) is 9.58. The van der Waals surface area contributed by atoms with Crippen LogP contribution in [0, 0.1) is 0 Å². The molecule has 0 saturated heterocycles. The Labute approximate surface area is 220 Å². The molecule has 3 N–H and O–H groups in total. The zero-order valence-electron chi connectivity index (χ0n) is 20.7. The van der Waals surface area contributed by atoms with Gasteiger partial charge in [0.1, 0.15) is 22.9 Å². The number of phenolic OH excluding ortho intramolecular Hbond substituents is 1. The first kappa shape index (κ1) is 24.8. The molecule has 0 unspecified atom stereocenters. The Balaban J connectivity index is 1.23. The van der Waals surface area contributed by atoms with Gasteiger partial charge >= 0.3 is 0 Å². The molecule has 1 amide bonds. The van der Waals surface area contributed by atoms with Crippen molar-refractivity contribution in [1.82, 2.24) is 14.7 Å². The summed E-state index contributed by atoms with van der Waals surface area (Å²) >= 11 is 6.36. The quantitative estimate of drug-likeness (QED) is 0.296. The number of imidazole rings is 1. The van der Waals surface area contributed by atoms with Crippen LogP contribution in [-0.4, -0.2) is 46.7 Å². The molecular weight excluding hydrogens is 492 g/mol. The average Bonchev–Trinajstić information content (AvgIpc) is 3.33. The fourth-order valence-corrected chi connectivity index (χ4v) is 5.05. The van der Waals surface area contributed by atoms with E-state index in [1.165, 1.54) is 6.07 Å². The number of anilines is 1. The van der Waals surface area contributed by atoms with Crippen molar-refractivity contribution in [3.05, 3.63) is 71.5 Å². The molecule has 4 aromatic rings. The first-order valence-electron chi connectivity index (χ1n) is 12.2. The second-order valence-electron chi connectivity index (χ2n) is 9.18. The fraction of sp³-hybridized carbons (Fsp3) is 0.286. The Hall–Kier alpha value is -3.91. The largest absolute Gasteiger partial charge is 0.507 e. The van der Waals surface area contributed by atoms with Crippen molar-refractivity contribution < 1.29 is 19.4 Å². The Bertz CT molecular complexity index is 1430. The molecule has 8 nitrogen and oxygen atoms in total. The van der Waals surface area contributed by atoms with Crippen LogP contribution in [0.1, 0.15) is 36.0 Å². The van der Waals surface area contributed by atoms with E-state index >= 15 is 0 Å². The summed E-state index contributed by atoms with van der Waals surface area (Å²) in [6.45, 7) is 0. The Morgan fingerprint density at radius 3 is 2.49 bits per heavy atom. The van der Waals surface area contributed by atoms with Crippen molar-refractivity contribution in [3.8, 4) is 28.5 Å². The number of aromatic nitrogens is 2. The molecule has 2 aromatic heterocycles. The van der Waals surface area contributed by atoms with Gasteiger partial charge < -0.3 is 29.6 Å². The average molecular weight is 521 g/mol. The van der Waals surface area contributed by atoms with Gasteiger partial charge in [0.15, 0.2) is 0 Å². The molecule has 5 rings (SSSR count). The van der Waals surface area contributed by atoms with Crippen molar-refractivity contribution in [1.29, 1.82) is 0 Å². The summed E-state index contributed by atoms with van der Waals surface area (Å²) in [6, 6.07) is 14.6. The number of para-hydroxylation sites is 1. The number of methoxy groups -OCH3 is 2. The van der Waals surface area contributed by atoms with Gasteiger partial charge in [-0.3, -0.25) is 4.79 Å². The van der Waals surface area contributed by atoms with Gasteiger partial charge in [-0.2, -0.15) is 0 Å². The molecular formula is C28H29ClN4O4. The number of fused-ring (bicyclic) bond motifs is 1. The van der Waals surface area contributed by atoms with E-state index in [0.29, 0.717) is 28.1 Å². The van der Waals surface area contributed by atoms with Crippen LogP contribution in [-0.2, 0) is 0 Å². The van der Waals surface area contributed by atoms with Gasteiger partial charge in [-0.25, -0.2) is 4.98 Å². The topological polar surface area (TPSA) is 97.1 Å². The number of nitrogens with one attached hydrogen (secondary N) is 2. The third-order valence-corrected chi connectivity index (χ3v) is 7.09. The Kier molecular flexibility index (Phi) is 7.10. The minimum absolute atomic E-state index is 0.00132. The van der Waals surface area contributed by atoms with E-state index in [1.807, 2.05) is 28.9 Å². The number of ether oxygens (including phenoxy) is 2. The number of pyridine rings is 1. The summed E-state index contributed by atoms with van der Waals surface area (Å²) in [5.74, 6) is 0.950. The monoisotopic (exact) mass is 520 g/mol. The van der Waals surface area contributed by atoms with E-state index in [2.05, 4.69) is 10.6 Å². The third-order valence-electron chi connectivity index (χ3n) is 6.79. The van der Waals surface area contributed by atoms with E-state index in [0.717, 1.165) is 48.3 Å². The van der Waals surface area contributed by atoms with E-state index in [4.69, 9.17) is 26.1 Å². The summed E-state index contributed by atoms with van der Waals surface area (Å²) in [5.41, 5.74) is 3.64. The van der Waals surface area contributed by atoms with Crippen molar-refractivity contribution in [2.24, 2.45) is 0 Å². The molecule has 0 radical (unpaired) electrons. The summed E-state index contributed by atoms with van der Waals surface area (Å²) < 4.78 is 12.8. The number of hydrogen-bond acceptors (Lipinski definition) is 6. The van der Waals surface area contributed by atoms with Crippen molar-refractivity contribution >= 4 is 28.8 Å². The molecule has 1 aliphatic carbocycles. The molecule has 0 spiro atoms. The summed E-state index contributed by atoms with van der Waals surface area (Å²) in [4.78, 5) is 17.3. The summed E-state index contributed by atoms with van der Waals surface area (Å²) in [7, 11) is 3.17. The molecule has 1 aliphatic rings. The van der Waals surface area contributed by atoms with Crippen LogP contribution < -0.4 is 20.1 Å². The van der Waals surface area contributed by atoms with Crippen LogP contribution in [0.4, 0.5) is 5.69 Å². The molecule has 0 atom stereocenters. The zero-order valence-corrected chi connectivity index (χ0v) is 21.5. The minimum Gasteiger partial charge on any atom is -0.507 e. The highest BCUT2D eigenvalue weighted by Gasteiger charge is 2.24. The van der Waals surface area contributed by atoms with Crippen molar-refractivity contribution in [3.63, 3.8) is 0 Å². The highest BCUT2D eigenvalue weighted by atomic mass is 35.5. The molecule has 37 heavy (non-hydrogen) atoms. The molecule has 9 heteroatoms. The highest BCUT2D eigenvalue weighted by Crippen LogP contribution is 2.38. The van der Waals surface area contributed by atoms with Gasteiger partial charge in [0.2, 0.25) is 0 Å². The maximum atomic E-state index is 12.5.